The highest BCUT2D eigenvalue weighted by atomic mass is 32.2. The lowest BCUT2D eigenvalue weighted by molar-refractivity contribution is -0.143. The van der Waals surface area contributed by atoms with Crippen LogP contribution in [0.5, 0.6) is 0 Å². The van der Waals surface area contributed by atoms with Crippen molar-refractivity contribution in [2.75, 3.05) is 12.4 Å². The lowest BCUT2D eigenvalue weighted by atomic mass is 9.85. The van der Waals surface area contributed by atoms with E-state index >= 15 is 0 Å². The average Bonchev–Trinajstić information content (AvgIpc) is 2.80. The minimum absolute atomic E-state index is 0.0597. The molecule has 1 aliphatic heterocycles. The second kappa shape index (κ2) is 6.19. The van der Waals surface area contributed by atoms with E-state index in [2.05, 4.69) is 4.72 Å². The van der Waals surface area contributed by atoms with Crippen molar-refractivity contribution in [3.05, 3.63) is 0 Å². The number of carbonyl (C=O) groups is 1. The van der Waals surface area contributed by atoms with Crippen molar-refractivity contribution in [2.45, 2.75) is 50.7 Å². The number of carboxylic acid groups (broad SMARTS) is 1. The number of rotatable bonds is 5. The summed E-state index contributed by atoms with van der Waals surface area (Å²) in [5.41, 5.74) is 0. The molecule has 2 fully saturated rings. The van der Waals surface area contributed by atoms with E-state index in [4.69, 9.17) is 9.84 Å². The number of ether oxygens (including phenoxy) is 1. The molecule has 6 nitrogen and oxygen atoms in total. The predicted molar refractivity (Wildman–Crippen MR) is 69.3 cm³/mol. The fourth-order valence-electron chi connectivity index (χ4n) is 2.87. The molecule has 19 heavy (non-hydrogen) atoms. The highest BCUT2D eigenvalue weighted by molar-refractivity contribution is 7.89. The summed E-state index contributed by atoms with van der Waals surface area (Å²) in [7, 11) is -3.47. The first-order valence-corrected chi connectivity index (χ1v) is 8.47. The molecule has 1 aliphatic carbocycles. The monoisotopic (exact) mass is 291 g/mol. The van der Waals surface area contributed by atoms with Gasteiger partial charge in [0.15, 0.2) is 0 Å². The van der Waals surface area contributed by atoms with Crippen molar-refractivity contribution < 1.29 is 23.1 Å². The Balaban J connectivity index is 1.95. The summed E-state index contributed by atoms with van der Waals surface area (Å²) in [4.78, 5) is 11.1. The zero-order valence-corrected chi connectivity index (χ0v) is 11.7. The molecule has 2 rings (SSSR count). The highest BCUT2D eigenvalue weighted by Crippen LogP contribution is 2.25. The van der Waals surface area contributed by atoms with E-state index in [9.17, 15) is 13.2 Å². The van der Waals surface area contributed by atoms with Gasteiger partial charge in [0.2, 0.25) is 10.0 Å². The van der Waals surface area contributed by atoms with Crippen molar-refractivity contribution in [2.24, 2.45) is 5.92 Å². The third-order valence-electron chi connectivity index (χ3n) is 3.84. The smallest absolute Gasteiger partial charge is 0.308 e. The van der Waals surface area contributed by atoms with Gasteiger partial charge in [0.1, 0.15) is 0 Å². The van der Waals surface area contributed by atoms with Gasteiger partial charge in [-0.15, -0.1) is 0 Å². The molecule has 2 aliphatic rings. The molecule has 3 unspecified atom stereocenters. The van der Waals surface area contributed by atoms with Crippen LogP contribution in [0.1, 0.15) is 38.5 Å². The molecule has 0 spiro atoms. The van der Waals surface area contributed by atoms with Gasteiger partial charge in [0.05, 0.1) is 17.8 Å². The molecule has 0 amide bonds. The largest absolute Gasteiger partial charge is 0.481 e. The molecular formula is C12H21NO5S. The highest BCUT2D eigenvalue weighted by Gasteiger charge is 2.34. The van der Waals surface area contributed by atoms with Crippen LogP contribution in [0.4, 0.5) is 0 Å². The first-order valence-electron chi connectivity index (χ1n) is 6.82. The Morgan fingerprint density at radius 2 is 1.95 bits per heavy atom. The maximum Gasteiger partial charge on any atom is 0.308 e. The fourth-order valence-corrected chi connectivity index (χ4v) is 4.46. The first kappa shape index (κ1) is 14.7. The van der Waals surface area contributed by atoms with E-state index < -0.39 is 28.0 Å². The van der Waals surface area contributed by atoms with E-state index in [1.54, 1.807) is 0 Å². The predicted octanol–water partition coefficient (Wildman–Crippen LogP) is 0.728. The Labute approximate surface area is 113 Å². The Morgan fingerprint density at radius 1 is 1.21 bits per heavy atom. The summed E-state index contributed by atoms with van der Waals surface area (Å²) in [6.45, 7) is 0.612. The van der Waals surface area contributed by atoms with Crippen LogP contribution in [-0.4, -0.2) is 44.0 Å². The summed E-state index contributed by atoms with van der Waals surface area (Å²) in [5.74, 6) is -1.58. The Bertz CT molecular complexity index is 416. The summed E-state index contributed by atoms with van der Waals surface area (Å²) in [6, 6.07) is -0.474. The maximum atomic E-state index is 12.0. The molecule has 0 aromatic heterocycles. The van der Waals surface area contributed by atoms with Gasteiger partial charge in [-0.2, -0.15) is 0 Å². The van der Waals surface area contributed by atoms with Gasteiger partial charge in [0, 0.05) is 12.6 Å². The first-order chi connectivity index (χ1) is 8.98. The van der Waals surface area contributed by atoms with Crippen molar-refractivity contribution in [1.82, 2.24) is 4.72 Å². The van der Waals surface area contributed by atoms with Gasteiger partial charge in [0.25, 0.3) is 0 Å². The molecule has 0 aromatic rings. The molecule has 1 saturated carbocycles. The summed E-state index contributed by atoms with van der Waals surface area (Å²) < 4.78 is 32.0. The Kier molecular flexibility index (Phi) is 4.81. The SMILES string of the molecule is O=C(O)C1CCCCC1NS(=O)(=O)CC1CCCO1. The standard InChI is InChI=1S/C12H21NO5S/c14-12(15)10-5-1-2-6-11(10)13-19(16,17)8-9-4-3-7-18-9/h9-11,13H,1-8H2,(H,14,15). The van der Waals surface area contributed by atoms with E-state index in [0.29, 0.717) is 19.4 Å². The van der Waals surface area contributed by atoms with Gasteiger partial charge in [-0.3, -0.25) is 4.79 Å². The quantitative estimate of drug-likeness (QED) is 0.779. The van der Waals surface area contributed by atoms with Crippen LogP contribution in [0, 0.1) is 5.92 Å². The van der Waals surface area contributed by atoms with Gasteiger partial charge >= 0.3 is 5.97 Å². The number of nitrogens with one attached hydrogen (secondary N) is 1. The Hall–Kier alpha value is -0.660. The molecule has 1 heterocycles. The molecule has 0 bridgehead atoms. The van der Waals surface area contributed by atoms with Gasteiger partial charge in [-0.1, -0.05) is 12.8 Å². The molecule has 110 valence electrons. The third-order valence-corrected chi connectivity index (χ3v) is 5.32. The van der Waals surface area contributed by atoms with Crippen molar-refractivity contribution >= 4 is 16.0 Å². The second-order valence-corrected chi connectivity index (χ2v) is 7.17. The molecule has 0 aromatic carbocycles. The van der Waals surface area contributed by atoms with Crippen LogP contribution < -0.4 is 4.72 Å². The number of hydrogen-bond acceptors (Lipinski definition) is 4. The van der Waals surface area contributed by atoms with Crippen LogP contribution in [-0.2, 0) is 19.6 Å². The van der Waals surface area contributed by atoms with E-state index in [-0.39, 0.29) is 11.9 Å². The van der Waals surface area contributed by atoms with E-state index in [0.717, 1.165) is 25.7 Å². The van der Waals surface area contributed by atoms with E-state index in [1.165, 1.54) is 0 Å². The number of carboxylic acids is 1. The lowest BCUT2D eigenvalue weighted by Crippen LogP contribution is -2.46. The van der Waals surface area contributed by atoms with Gasteiger partial charge in [-0.05, 0) is 25.7 Å². The van der Waals surface area contributed by atoms with Crippen LogP contribution in [0.2, 0.25) is 0 Å². The number of aliphatic carboxylic acids is 1. The molecule has 7 heteroatoms. The summed E-state index contributed by atoms with van der Waals surface area (Å²) in [5, 5.41) is 9.13. The van der Waals surface area contributed by atoms with Gasteiger partial charge < -0.3 is 9.84 Å². The summed E-state index contributed by atoms with van der Waals surface area (Å²) >= 11 is 0. The average molecular weight is 291 g/mol. The van der Waals surface area contributed by atoms with Crippen molar-refractivity contribution in [1.29, 1.82) is 0 Å². The fraction of sp³-hybridized carbons (Fsp3) is 0.917. The Morgan fingerprint density at radius 3 is 2.58 bits per heavy atom. The molecule has 0 radical (unpaired) electrons. The van der Waals surface area contributed by atoms with E-state index in [1.807, 2.05) is 0 Å². The van der Waals surface area contributed by atoms with Crippen LogP contribution >= 0.6 is 0 Å². The van der Waals surface area contributed by atoms with Crippen LogP contribution in [0.15, 0.2) is 0 Å². The zero-order valence-electron chi connectivity index (χ0n) is 10.9. The third kappa shape index (κ3) is 4.15. The van der Waals surface area contributed by atoms with Crippen molar-refractivity contribution in [3.63, 3.8) is 0 Å². The molecule has 1 saturated heterocycles. The topological polar surface area (TPSA) is 92.7 Å². The maximum absolute atomic E-state index is 12.0. The lowest BCUT2D eigenvalue weighted by Gasteiger charge is -2.29. The van der Waals surface area contributed by atoms with Crippen LogP contribution in [0.3, 0.4) is 0 Å². The summed E-state index contributed by atoms with van der Waals surface area (Å²) in [6.07, 6.45) is 4.27. The second-order valence-electron chi connectivity index (χ2n) is 5.37. The molecule has 3 atom stereocenters. The van der Waals surface area contributed by atoms with Gasteiger partial charge in [-0.25, -0.2) is 13.1 Å². The van der Waals surface area contributed by atoms with Crippen molar-refractivity contribution in [3.8, 4) is 0 Å². The minimum Gasteiger partial charge on any atom is -0.481 e. The zero-order chi connectivity index (χ0) is 13.9. The number of sulfonamides is 1. The normalized spacial score (nSPS) is 32.3. The molecule has 2 N–H and O–H groups in total. The molecular weight excluding hydrogens is 270 g/mol. The number of hydrogen-bond donors (Lipinski definition) is 2. The van der Waals surface area contributed by atoms with Crippen LogP contribution in [0.25, 0.3) is 0 Å². The minimum atomic E-state index is -3.47.